The monoisotopic (exact) mass is 437 g/mol. The van der Waals surface area contributed by atoms with Crippen molar-refractivity contribution in [1.82, 2.24) is 25.3 Å². The van der Waals surface area contributed by atoms with Crippen LogP contribution in [0.4, 0.5) is 4.39 Å². The Bertz CT molecular complexity index is 1410. The number of nitrogens with one attached hydrogen (secondary N) is 1. The molecule has 8 nitrogen and oxygen atoms in total. The summed E-state index contributed by atoms with van der Waals surface area (Å²) in [6.45, 7) is 0.0992. The molecule has 0 fully saturated rings. The van der Waals surface area contributed by atoms with Crippen molar-refractivity contribution in [2.45, 2.75) is 11.4 Å². The predicted molar refractivity (Wildman–Crippen MR) is 111 cm³/mol. The molecular formula is C21H16FN5O3S. The lowest BCUT2D eigenvalue weighted by molar-refractivity contribution is 0.0950. The molecule has 1 amide bonds. The van der Waals surface area contributed by atoms with E-state index in [9.17, 15) is 17.6 Å². The molecule has 4 heterocycles. The summed E-state index contributed by atoms with van der Waals surface area (Å²) in [5.41, 5.74) is 2.21. The summed E-state index contributed by atoms with van der Waals surface area (Å²) in [4.78, 5) is 28.8. The summed E-state index contributed by atoms with van der Waals surface area (Å²) in [7, 11) is -3.47. The lowest BCUT2D eigenvalue weighted by atomic mass is 10.2. The Morgan fingerprint density at radius 3 is 2.61 bits per heavy atom. The van der Waals surface area contributed by atoms with E-state index in [2.05, 4.69) is 25.3 Å². The molecule has 0 radical (unpaired) electrons. The van der Waals surface area contributed by atoms with Gasteiger partial charge in [0.2, 0.25) is 5.95 Å². The molecule has 0 bridgehead atoms. The second-order valence-electron chi connectivity index (χ2n) is 6.77. The molecule has 0 unspecified atom stereocenters. The Morgan fingerprint density at radius 2 is 1.84 bits per heavy atom. The zero-order valence-electron chi connectivity index (χ0n) is 16.3. The Balaban J connectivity index is 1.54. The zero-order valence-corrected chi connectivity index (χ0v) is 17.1. The van der Waals surface area contributed by atoms with E-state index in [1.165, 1.54) is 24.5 Å². The van der Waals surface area contributed by atoms with E-state index in [1.807, 2.05) is 6.07 Å². The molecule has 0 aliphatic heterocycles. The minimum atomic E-state index is -3.47. The molecule has 0 aromatic carbocycles. The first-order valence-corrected chi connectivity index (χ1v) is 11.0. The third kappa shape index (κ3) is 4.69. The highest BCUT2D eigenvalue weighted by molar-refractivity contribution is 7.90. The van der Waals surface area contributed by atoms with Crippen molar-refractivity contribution in [1.29, 1.82) is 0 Å². The van der Waals surface area contributed by atoms with Gasteiger partial charge in [0.25, 0.3) is 5.91 Å². The fraction of sp³-hybridized carbons (Fsp3) is 0.0952. The van der Waals surface area contributed by atoms with Crippen LogP contribution in [0.15, 0.2) is 66.0 Å². The number of hydrogen-bond donors (Lipinski definition) is 1. The molecule has 4 rings (SSSR count). The number of carbonyl (C=O) groups excluding carboxylic acids is 1. The summed E-state index contributed by atoms with van der Waals surface area (Å²) in [5.74, 6) is -1.07. The van der Waals surface area contributed by atoms with E-state index in [0.717, 1.165) is 11.6 Å². The first-order chi connectivity index (χ1) is 14.8. The highest BCUT2D eigenvalue weighted by atomic mass is 32.2. The van der Waals surface area contributed by atoms with Gasteiger partial charge in [0.05, 0.1) is 39.6 Å². The minimum absolute atomic E-state index is 0.0355. The molecule has 0 aliphatic carbocycles. The molecular weight excluding hydrogens is 421 g/mol. The molecule has 156 valence electrons. The number of pyridine rings is 4. The number of sulfone groups is 1. The minimum Gasteiger partial charge on any atom is -0.346 e. The van der Waals surface area contributed by atoms with Gasteiger partial charge in [0.1, 0.15) is 0 Å². The number of fused-ring (bicyclic) bond motifs is 1. The van der Waals surface area contributed by atoms with Crippen molar-refractivity contribution in [3.8, 4) is 11.4 Å². The molecule has 4 aromatic rings. The lowest BCUT2D eigenvalue weighted by Crippen LogP contribution is -2.23. The Morgan fingerprint density at radius 1 is 1.03 bits per heavy atom. The standard InChI is InChI=1S/C21H16FN5O3S/c1-31(29,30)16-7-14(9-23-12-16)21(28)25-11-15-8-19-13(10-24-15)5-6-18(26-19)17-3-2-4-20(22)27-17/h2-10,12H,11H2,1H3,(H,25,28). The van der Waals surface area contributed by atoms with Crippen LogP contribution in [0.5, 0.6) is 0 Å². The molecule has 1 N–H and O–H groups in total. The van der Waals surface area contributed by atoms with E-state index >= 15 is 0 Å². The second kappa shape index (κ2) is 8.15. The SMILES string of the molecule is CS(=O)(=O)c1cncc(C(=O)NCc2cc3nc(-c4cccc(F)n4)ccc3cn2)c1. The van der Waals surface area contributed by atoms with Crippen LogP contribution < -0.4 is 5.32 Å². The van der Waals surface area contributed by atoms with E-state index in [-0.39, 0.29) is 17.0 Å². The van der Waals surface area contributed by atoms with Crippen LogP contribution in [0.2, 0.25) is 0 Å². The van der Waals surface area contributed by atoms with Gasteiger partial charge in [-0.2, -0.15) is 4.39 Å². The quantitative estimate of drug-likeness (QED) is 0.477. The summed E-state index contributed by atoms with van der Waals surface area (Å²) < 4.78 is 36.7. The summed E-state index contributed by atoms with van der Waals surface area (Å²) in [5, 5.41) is 3.46. The summed E-state index contributed by atoms with van der Waals surface area (Å²) in [6, 6.07) is 11.0. The number of carbonyl (C=O) groups is 1. The van der Waals surface area contributed by atoms with Crippen molar-refractivity contribution in [2.24, 2.45) is 0 Å². The van der Waals surface area contributed by atoms with Crippen LogP contribution in [-0.4, -0.2) is 40.5 Å². The largest absolute Gasteiger partial charge is 0.346 e. The number of hydrogen-bond acceptors (Lipinski definition) is 7. The van der Waals surface area contributed by atoms with Crippen LogP contribution in [0.3, 0.4) is 0 Å². The van der Waals surface area contributed by atoms with Crippen molar-refractivity contribution < 1.29 is 17.6 Å². The maximum absolute atomic E-state index is 13.4. The van der Waals surface area contributed by atoms with Crippen molar-refractivity contribution in [2.75, 3.05) is 6.26 Å². The first-order valence-electron chi connectivity index (χ1n) is 9.11. The van der Waals surface area contributed by atoms with Gasteiger partial charge in [-0.05, 0) is 36.4 Å². The molecule has 31 heavy (non-hydrogen) atoms. The van der Waals surface area contributed by atoms with Gasteiger partial charge in [-0.1, -0.05) is 6.07 Å². The van der Waals surface area contributed by atoms with Crippen molar-refractivity contribution in [3.63, 3.8) is 0 Å². The number of halogens is 1. The number of nitrogens with zero attached hydrogens (tertiary/aromatic N) is 4. The molecule has 0 saturated carbocycles. The highest BCUT2D eigenvalue weighted by Gasteiger charge is 2.13. The Kier molecular flexibility index (Phi) is 5.38. The molecule has 0 aliphatic rings. The molecule has 4 aromatic heterocycles. The predicted octanol–water partition coefficient (Wildman–Crippen LogP) is 2.56. The normalized spacial score (nSPS) is 11.4. The maximum atomic E-state index is 13.4. The van der Waals surface area contributed by atoms with E-state index < -0.39 is 21.7 Å². The Labute approximate surface area is 177 Å². The van der Waals surface area contributed by atoms with E-state index in [0.29, 0.717) is 22.6 Å². The lowest BCUT2D eigenvalue weighted by Gasteiger charge is -2.07. The van der Waals surface area contributed by atoms with Crippen LogP contribution in [0, 0.1) is 5.95 Å². The van der Waals surface area contributed by atoms with Gasteiger partial charge in [-0.25, -0.2) is 18.4 Å². The first kappa shape index (κ1) is 20.5. The smallest absolute Gasteiger partial charge is 0.253 e. The highest BCUT2D eigenvalue weighted by Crippen LogP contribution is 2.20. The maximum Gasteiger partial charge on any atom is 0.253 e. The fourth-order valence-electron chi connectivity index (χ4n) is 2.87. The topological polar surface area (TPSA) is 115 Å². The zero-order chi connectivity index (χ0) is 22.0. The third-order valence-electron chi connectivity index (χ3n) is 4.44. The van der Waals surface area contributed by atoms with Gasteiger partial charge >= 0.3 is 0 Å². The van der Waals surface area contributed by atoms with Gasteiger partial charge in [-0.15, -0.1) is 0 Å². The third-order valence-corrected chi connectivity index (χ3v) is 5.52. The Hall–Kier alpha value is -3.79. The summed E-state index contributed by atoms with van der Waals surface area (Å²) >= 11 is 0. The van der Waals surface area contributed by atoms with Crippen LogP contribution in [0.25, 0.3) is 22.3 Å². The van der Waals surface area contributed by atoms with Gasteiger partial charge < -0.3 is 5.32 Å². The van der Waals surface area contributed by atoms with E-state index in [4.69, 9.17) is 0 Å². The summed E-state index contributed by atoms with van der Waals surface area (Å²) in [6.07, 6.45) is 5.15. The van der Waals surface area contributed by atoms with Crippen molar-refractivity contribution >= 4 is 26.6 Å². The van der Waals surface area contributed by atoms with Crippen molar-refractivity contribution in [3.05, 3.63) is 78.3 Å². The fourth-order valence-corrected chi connectivity index (χ4v) is 3.46. The molecule has 10 heteroatoms. The van der Waals surface area contributed by atoms with Gasteiger partial charge in [-0.3, -0.25) is 14.8 Å². The average molecular weight is 437 g/mol. The van der Waals surface area contributed by atoms with Crippen LogP contribution in [-0.2, 0) is 16.4 Å². The number of rotatable bonds is 5. The van der Waals surface area contributed by atoms with Crippen LogP contribution >= 0.6 is 0 Å². The number of amides is 1. The number of aromatic nitrogens is 4. The molecule has 0 saturated heterocycles. The van der Waals surface area contributed by atoms with Gasteiger partial charge in [0, 0.05) is 30.2 Å². The van der Waals surface area contributed by atoms with E-state index in [1.54, 1.807) is 30.5 Å². The van der Waals surface area contributed by atoms with Gasteiger partial charge in [0.15, 0.2) is 9.84 Å². The van der Waals surface area contributed by atoms with Crippen LogP contribution in [0.1, 0.15) is 16.1 Å². The molecule has 0 spiro atoms. The average Bonchev–Trinajstić information content (AvgIpc) is 2.76. The second-order valence-corrected chi connectivity index (χ2v) is 8.79. The molecule has 0 atom stereocenters.